The van der Waals surface area contributed by atoms with E-state index in [1.165, 1.54) is 0 Å². The standard InChI is InChI=1S/C9H18ClNOS/c1-9(5-8-13(2)12)11-7-4-3-6-10/h3-4,9,11H,5-8H2,1-2H3/b4-3+. The van der Waals surface area contributed by atoms with E-state index in [0.717, 1.165) is 18.7 Å². The van der Waals surface area contributed by atoms with E-state index in [2.05, 4.69) is 12.2 Å². The minimum Gasteiger partial charge on any atom is -0.311 e. The molecule has 1 N–H and O–H groups in total. The molecule has 0 spiro atoms. The average molecular weight is 224 g/mol. The summed E-state index contributed by atoms with van der Waals surface area (Å²) in [6.07, 6.45) is 6.61. The first-order valence-electron chi connectivity index (χ1n) is 4.41. The Bertz CT molecular complexity index is 173. The van der Waals surface area contributed by atoms with Crippen molar-refractivity contribution in [1.82, 2.24) is 5.32 Å². The number of halogens is 1. The van der Waals surface area contributed by atoms with Crippen LogP contribution in [0.3, 0.4) is 0 Å². The van der Waals surface area contributed by atoms with Crippen LogP contribution >= 0.6 is 11.6 Å². The second kappa shape index (κ2) is 8.73. The summed E-state index contributed by atoms with van der Waals surface area (Å²) < 4.78 is 10.8. The van der Waals surface area contributed by atoms with E-state index in [0.29, 0.717) is 11.9 Å². The Morgan fingerprint density at radius 1 is 1.54 bits per heavy atom. The molecule has 0 saturated carbocycles. The molecule has 0 heterocycles. The maximum Gasteiger partial charge on any atom is 0.0404 e. The molecule has 0 rings (SSSR count). The van der Waals surface area contributed by atoms with Crippen molar-refractivity contribution in [1.29, 1.82) is 0 Å². The van der Waals surface area contributed by atoms with E-state index in [1.54, 1.807) is 6.26 Å². The summed E-state index contributed by atoms with van der Waals surface area (Å²) >= 11 is 5.46. The van der Waals surface area contributed by atoms with Crippen LogP contribution in [-0.2, 0) is 10.8 Å². The number of hydrogen-bond donors (Lipinski definition) is 1. The molecule has 2 atom stereocenters. The highest BCUT2D eigenvalue weighted by Crippen LogP contribution is 1.92. The molecule has 13 heavy (non-hydrogen) atoms. The van der Waals surface area contributed by atoms with Gasteiger partial charge in [-0.1, -0.05) is 12.2 Å². The summed E-state index contributed by atoms with van der Waals surface area (Å²) in [6.45, 7) is 2.94. The lowest BCUT2D eigenvalue weighted by molar-refractivity contribution is 0.567. The van der Waals surface area contributed by atoms with Gasteiger partial charge in [0.15, 0.2) is 0 Å². The molecule has 0 aliphatic rings. The van der Waals surface area contributed by atoms with Gasteiger partial charge in [-0.2, -0.15) is 0 Å². The Hall–Kier alpha value is 0.140. The molecule has 0 aliphatic heterocycles. The Morgan fingerprint density at radius 3 is 2.77 bits per heavy atom. The van der Waals surface area contributed by atoms with E-state index >= 15 is 0 Å². The minimum absolute atomic E-state index is 0.420. The van der Waals surface area contributed by atoms with Crippen LogP contribution < -0.4 is 5.32 Å². The Labute approximate surface area is 88.2 Å². The molecule has 0 aromatic rings. The SMILES string of the molecule is CC(CCS(C)=O)NC/C=C/CCl. The predicted molar refractivity (Wildman–Crippen MR) is 60.9 cm³/mol. The van der Waals surface area contributed by atoms with Gasteiger partial charge in [0.25, 0.3) is 0 Å². The molecule has 0 aliphatic carbocycles. The summed E-state index contributed by atoms with van der Waals surface area (Å²) in [5.41, 5.74) is 0. The van der Waals surface area contributed by atoms with Gasteiger partial charge in [-0.05, 0) is 13.3 Å². The fourth-order valence-corrected chi connectivity index (χ4v) is 1.67. The smallest absolute Gasteiger partial charge is 0.0404 e. The normalized spacial score (nSPS) is 16.2. The van der Waals surface area contributed by atoms with Gasteiger partial charge >= 0.3 is 0 Å². The highest BCUT2D eigenvalue weighted by Gasteiger charge is 2.00. The largest absolute Gasteiger partial charge is 0.311 e. The number of alkyl halides is 1. The van der Waals surface area contributed by atoms with Crippen molar-refractivity contribution in [2.75, 3.05) is 24.4 Å². The van der Waals surface area contributed by atoms with Crippen LogP contribution in [0.25, 0.3) is 0 Å². The van der Waals surface area contributed by atoms with Crippen molar-refractivity contribution in [3.8, 4) is 0 Å². The summed E-state index contributed by atoms with van der Waals surface area (Å²) in [4.78, 5) is 0. The summed E-state index contributed by atoms with van der Waals surface area (Å²) in [5.74, 6) is 1.34. The first kappa shape index (κ1) is 13.1. The van der Waals surface area contributed by atoms with Crippen LogP contribution in [0.2, 0.25) is 0 Å². The molecule has 4 heteroatoms. The molecule has 0 aromatic heterocycles. The van der Waals surface area contributed by atoms with E-state index < -0.39 is 10.8 Å². The Balaban J connectivity index is 3.34. The van der Waals surface area contributed by atoms with Crippen molar-refractivity contribution in [3.63, 3.8) is 0 Å². The third-order valence-electron chi connectivity index (χ3n) is 1.68. The maximum absolute atomic E-state index is 10.8. The van der Waals surface area contributed by atoms with Crippen molar-refractivity contribution < 1.29 is 4.21 Å². The van der Waals surface area contributed by atoms with Gasteiger partial charge in [-0.15, -0.1) is 11.6 Å². The average Bonchev–Trinajstić information content (AvgIpc) is 2.09. The first-order chi connectivity index (χ1) is 6.16. The molecular weight excluding hydrogens is 206 g/mol. The lowest BCUT2D eigenvalue weighted by atomic mass is 10.2. The van der Waals surface area contributed by atoms with Gasteiger partial charge in [-0.3, -0.25) is 4.21 Å². The van der Waals surface area contributed by atoms with E-state index in [1.807, 2.05) is 12.2 Å². The highest BCUT2D eigenvalue weighted by molar-refractivity contribution is 7.84. The number of nitrogens with one attached hydrogen (secondary N) is 1. The predicted octanol–water partition coefficient (Wildman–Crippen LogP) is 1.53. The molecule has 0 saturated heterocycles. The number of rotatable bonds is 7. The Morgan fingerprint density at radius 2 is 2.23 bits per heavy atom. The topological polar surface area (TPSA) is 29.1 Å². The number of hydrogen-bond acceptors (Lipinski definition) is 2. The zero-order valence-electron chi connectivity index (χ0n) is 8.25. The third kappa shape index (κ3) is 10.1. The van der Waals surface area contributed by atoms with Gasteiger partial charge in [0, 0.05) is 41.3 Å². The summed E-state index contributed by atoms with van der Waals surface area (Å²) in [7, 11) is -0.674. The zero-order valence-corrected chi connectivity index (χ0v) is 9.83. The van der Waals surface area contributed by atoms with Crippen LogP contribution in [0.15, 0.2) is 12.2 Å². The molecule has 0 bridgehead atoms. The maximum atomic E-state index is 10.8. The second-order valence-electron chi connectivity index (χ2n) is 3.00. The minimum atomic E-state index is -0.674. The van der Waals surface area contributed by atoms with Crippen LogP contribution in [0.1, 0.15) is 13.3 Å². The van der Waals surface area contributed by atoms with Crippen molar-refractivity contribution in [2.24, 2.45) is 0 Å². The molecule has 78 valence electrons. The summed E-state index contributed by atoms with van der Waals surface area (Å²) in [6, 6.07) is 0.420. The van der Waals surface area contributed by atoms with Gasteiger partial charge < -0.3 is 5.32 Å². The summed E-state index contributed by atoms with van der Waals surface area (Å²) in [5, 5.41) is 3.29. The second-order valence-corrected chi connectivity index (χ2v) is 4.86. The molecule has 2 unspecified atom stereocenters. The van der Waals surface area contributed by atoms with Crippen LogP contribution in [0, 0.1) is 0 Å². The van der Waals surface area contributed by atoms with E-state index in [-0.39, 0.29) is 0 Å². The van der Waals surface area contributed by atoms with Gasteiger partial charge in [0.1, 0.15) is 0 Å². The van der Waals surface area contributed by atoms with Crippen LogP contribution in [-0.4, -0.2) is 34.7 Å². The highest BCUT2D eigenvalue weighted by atomic mass is 35.5. The monoisotopic (exact) mass is 223 g/mol. The first-order valence-corrected chi connectivity index (χ1v) is 6.67. The fraction of sp³-hybridized carbons (Fsp3) is 0.778. The van der Waals surface area contributed by atoms with E-state index in [4.69, 9.17) is 11.6 Å². The molecule has 0 aromatic carbocycles. The lowest BCUT2D eigenvalue weighted by Gasteiger charge is -2.10. The number of allylic oxidation sites excluding steroid dienone is 1. The van der Waals surface area contributed by atoms with Gasteiger partial charge in [0.05, 0.1) is 0 Å². The van der Waals surface area contributed by atoms with E-state index in [9.17, 15) is 4.21 Å². The zero-order chi connectivity index (χ0) is 10.1. The quantitative estimate of drug-likeness (QED) is 0.524. The molecular formula is C9H18ClNOS. The fourth-order valence-electron chi connectivity index (χ4n) is 0.860. The van der Waals surface area contributed by atoms with Gasteiger partial charge in [0.2, 0.25) is 0 Å². The Kier molecular flexibility index (Phi) is 8.82. The van der Waals surface area contributed by atoms with Crippen molar-refractivity contribution >= 4 is 22.4 Å². The molecule has 0 fully saturated rings. The third-order valence-corrected chi connectivity index (χ3v) is 2.67. The van der Waals surface area contributed by atoms with Crippen LogP contribution in [0.5, 0.6) is 0 Å². The van der Waals surface area contributed by atoms with Crippen LogP contribution in [0.4, 0.5) is 0 Å². The molecule has 2 nitrogen and oxygen atoms in total. The van der Waals surface area contributed by atoms with Gasteiger partial charge in [-0.25, -0.2) is 0 Å². The lowest BCUT2D eigenvalue weighted by Crippen LogP contribution is -2.27. The van der Waals surface area contributed by atoms with Crippen molar-refractivity contribution in [3.05, 3.63) is 12.2 Å². The molecule has 0 radical (unpaired) electrons. The van der Waals surface area contributed by atoms with Crippen molar-refractivity contribution in [2.45, 2.75) is 19.4 Å². The molecule has 0 amide bonds.